The molecule has 0 N–H and O–H groups in total. The Morgan fingerprint density at radius 2 is 1.64 bits per heavy atom. The van der Waals surface area contributed by atoms with Gasteiger partial charge in [0, 0.05) is 11.5 Å². The second-order valence-electron chi connectivity index (χ2n) is 5.40. The molecule has 0 spiro atoms. The molecule has 0 aliphatic rings. The van der Waals surface area contributed by atoms with Gasteiger partial charge in [-0.2, -0.15) is 0 Å². The van der Waals surface area contributed by atoms with Gasteiger partial charge in [0.25, 0.3) is 0 Å². The minimum atomic E-state index is -0.189. The fourth-order valence-electron chi connectivity index (χ4n) is 2.76. The van der Waals surface area contributed by atoms with E-state index in [0.717, 1.165) is 35.5 Å². The molecule has 2 rings (SSSR count). The van der Waals surface area contributed by atoms with Gasteiger partial charge in [0.1, 0.15) is 17.3 Å². The first kappa shape index (κ1) is 16.3. The van der Waals surface area contributed by atoms with Gasteiger partial charge in [-0.1, -0.05) is 38.5 Å². The van der Waals surface area contributed by atoms with E-state index in [1.54, 1.807) is 20.3 Å². The van der Waals surface area contributed by atoms with Crippen LogP contribution in [0.5, 0.6) is 11.5 Å². The van der Waals surface area contributed by atoms with E-state index in [2.05, 4.69) is 6.92 Å². The van der Waals surface area contributed by atoms with Crippen LogP contribution in [0.3, 0.4) is 0 Å². The number of ether oxygens (including phenoxy) is 2. The molecule has 2 aromatic carbocycles. The normalized spacial score (nSPS) is 12.0. The van der Waals surface area contributed by atoms with Gasteiger partial charge in [0.05, 0.1) is 14.2 Å². The summed E-state index contributed by atoms with van der Waals surface area (Å²) in [5, 5.41) is 0. The van der Waals surface area contributed by atoms with Crippen LogP contribution in [0.25, 0.3) is 0 Å². The third kappa shape index (κ3) is 3.24. The van der Waals surface area contributed by atoms with Crippen LogP contribution in [0.4, 0.5) is 4.39 Å². The van der Waals surface area contributed by atoms with Crippen molar-refractivity contribution in [2.24, 2.45) is 0 Å². The van der Waals surface area contributed by atoms with Gasteiger partial charge in [0.15, 0.2) is 0 Å². The van der Waals surface area contributed by atoms with Gasteiger partial charge in [-0.15, -0.1) is 0 Å². The minimum absolute atomic E-state index is 0.0697. The number of hydrogen-bond donors (Lipinski definition) is 0. The highest BCUT2D eigenvalue weighted by Crippen LogP contribution is 2.36. The summed E-state index contributed by atoms with van der Waals surface area (Å²) in [4.78, 5) is 0. The maximum atomic E-state index is 14.0. The average molecular weight is 302 g/mol. The van der Waals surface area contributed by atoms with E-state index >= 15 is 0 Å². The molecular weight excluding hydrogens is 279 g/mol. The predicted molar refractivity (Wildman–Crippen MR) is 87.5 cm³/mol. The number of halogens is 1. The number of benzene rings is 2. The van der Waals surface area contributed by atoms with Crippen LogP contribution in [-0.4, -0.2) is 14.2 Å². The molecule has 0 aliphatic heterocycles. The van der Waals surface area contributed by atoms with E-state index in [1.165, 1.54) is 6.07 Å². The van der Waals surface area contributed by atoms with Gasteiger partial charge in [-0.3, -0.25) is 0 Å². The van der Waals surface area contributed by atoms with Crippen molar-refractivity contribution < 1.29 is 13.9 Å². The van der Waals surface area contributed by atoms with E-state index < -0.39 is 0 Å². The molecule has 0 radical (unpaired) electrons. The molecule has 0 amide bonds. The first-order chi connectivity index (χ1) is 10.6. The maximum absolute atomic E-state index is 14.0. The number of rotatable bonds is 6. The van der Waals surface area contributed by atoms with Gasteiger partial charge < -0.3 is 9.47 Å². The summed E-state index contributed by atoms with van der Waals surface area (Å²) in [5.74, 6) is 1.35. The summed E-state index contributed by atoms with van der Waals surface area (Å²) < 4.78 is 25.1. The van der Waals surface area contributed by atoms with Crippen LogP contribution in [-0.2, 0) is 6.42 Å². The van der Waals surface area contributed by atoms with E-state index in [0.29, 0.717) is 5.56 Å². The smallest absolute Gasteiger partial charge is 0.127 e. The molecular formula is C19H23FO2. The summed E-state index contributed by atoms with van der Waals surface area (Å²) in [5.41, 5.74) is 2.73. The van der Waals surface area contributed by atoms with Gasteiger partial charge in [0.2, 0.25) is 0 Å². The van der Waals surface area contributed by atoms with Crippen LogP contribution < -0.4 is 9.47 Å². The van der Waals surface area contributed by atoms with Crippen molar-refractivity contribution in [2.45, 2.75) is 32.6 Å². The molecule has 0 aliphatic carbocycles. The molecule has 1 unspecified atom stereocenters. The zero-order valence-corrected chi connectivity index (χ0v) is 13.7. The molecule has 0 heterocycles. The van der Waals surface area contributed by atoms with Gasteiger partial charge in [-0.05, 0) is 35.7 Å². The Labute approximate surface area is 131 Å². The zero-order chi connectivity index (χ0) is 16.1. The predicted octanol–water partition coefficient (Wildman–Crippen LogP) is 4.95. The van der Waals surface area contributed by atoms with E-state index in [1.807, 2.05) is 31.2 Å². The topological polar surface area (TPSA) is 18.5 Å². The largest absolute Gasteiger partial charge is 0.496 e. The summed E-state index contributed by atoms with van der Waals surface area (Å²) >= 11 is 0. The van der Waals surface area contributed by atoms with Crippen LogP contribution in [0.1, 0.15) is 42.9 Å². The molecule has 0 saturated carbocycles. The molecule has 0 fully saturated rings. The third-order valence-electron chi connectivity index (χ3n) is 4.00. The van der Waals surface area contributed by atoms with Crippen molar-refractivity contribution in [3.63, 3.8) is 0 Å². The Hall–Kier alpha value is -2.03. The average Bonchev–Trinajstić information content (AvgIpc) is 2.55. The highest BCUT2D eigenvalue weighted by atomic mass is 19.1. The van der Waals surface area contributed by atoms with E-state index in [4.69, 9.17) is 9.47 Å². The van der Waals surface area contributed by atoms with Crippen LogP contribution in [0.2, 0.25) is 0 Å². The zero-order valence-electron chi connectivity index (χ0n) is 13.7. The molecule has 0 bridgehead atoms. The Morgan fingerprint density at radius 3 is 2.14 bits per heavy atom. The Bertz CT molecular complexity index is 612. The van der Waals surface area contributed by atoms with Gasteiger partial charge >= 0.3 is 0 Å². The standard InChI is InChI=1S/C19H23FO2/c1-5-8-16-18(21-3)11-14(12-19(16)22-4)13(2)15-9-6-7-10-17(15)20/h6-7,9-13H,5,8H2,1-4H3. The third-order valence-corrected chi connectivity index (χ3v) is 4.00. The monoisotopic (exact) mass is 302 g/mol. The lowest BCUT2D eigenvalue weighted by atomic mass is 9.91. The fourth-order valence-corrected chi connectivity index (χ4v) is 2.76. The van der Waals surface area contributed by atoms with Crippen LogP contribution in [0, 0.1) is 5.82 Å². The Morgan fingerprint density at radius 1 is 1.05 bits per heavy atom. The SMILES string of the molecule is CCCc1c(OC)cc(C(C)c2ccccc2F)cc1OC. The van der Waals surface area contributed by atoms with E-state index in [9.17, 15) is 4.39 Å². The van der Waals surface area contributed by atoms with Crippen molar-refractivity contribution in [3.05, 3.63) is 58.9 Å². The maximum Gasteiger partial charge on any atom is 0.127 e. The second kappa shape index (κ2) is 7.30. The summed E-state index contributed by atoms with van der Waals surface area (Å²) in [6, 6.07) is 10.9. The lowest BCUT2D eigenvalue weighted by molar-refractivity contribution is 0.383. The van der Waals surface area contributed by atoms with Crippen molar-refractivity contribution in [3.8, 4) is 11.5 Å². The van der Waals surface area contributed by atoms with Crippen molar-refractivity contribution in [1.29, 1.82) is 0 Å². The summed E-state index contributed by atoms with van der Waals surface area (Å²) in [7, 11) is 3.32. The fraction of sp³-hybridized carbons (Fsp3) is 0.368. The lowest BCUT2D eigenvalue weighted by Gasteiger charge is -2.19. The van der Waals surface area contributed by atoms with Gasteiger partial charge in [-0.25, -0.2) is 4.39 Å². The molecule has 0 aromatic heterocycles. The highest BCUT2D eigenvalue weighted by molar-refractivity contribution is 5.50. The number of hydrogen-bond acceptors (Lipinski definition) is 2. The number of methoxy groups -OCH3 is 2. The molecule has 2 nitrogen and oxygen atoms in total. The quantitative estimate of drug-likeness (QED) is 0.752. The summed E-state index contributed by atoms with van der Waals surface area (Å²) in [6.45, 7) is 4.11. The lowest BCUT2D eigenvalue weighted by Crippen LogP contribution is -2.03. The Balaban J connectivity index is 2.49. The van der Waals surface area contributed by atoms with E-state index in [-0.39, 0.29) is 11.7 Å². The Kier molecular flexibility index (Phi) is 5.42. The van der Waals surface area contributed by atoms with Crippen molar-refractivity contribution in [1.82, 2.24) is 0 Å². The van der Waals surface area contributed by atoms with Crippen LogP contribution >= 0.6 is 0 Å². The molecule has 1 atom stereocenters. The van der Waals surface area contributed by atoms with Crippen molar-refractivity contribution in [2.75, 3.05) is 14.2 Å². The second-order valence-corrected chi connectivity index (χ2v) is 5.40. The molecule has 118 valence electrons. The van der Waals surface area contributed by atoms with Crippen molar-refractivity contribution >= 4 is 0 Å². The molecule has 2 aromatic rings. The minimum Gasteiger partial charge on any atom is -0.496 e. The molecule has 0 saturated heterocycles. The summed E-state index contributed by atoms with van der Waals surface area (Å²) in [6.07, 6.45) is 1.90. The first-order valence-electron chi connectivity index (χ1n) is 7.61. The highest BCUT2D eigenvalue weighted by Gasteiger charge is 2.18. The van der Waals surface area contributed by atoms with Crippen LogP contribution in [0.15, 0.2) is 36.4 Å². The molecule has 3 heteroatoms. The first-order valence-corrected chi connectivity index (χ1v) is 7.61. The molecule has 22 heavy (non-hydrogen) atoms.